The number of furan rings is 1. The van der Waals surface area contributed by atoms with Gasteiger partial charge >= 0.3 is 0 Å². The molecule has 5 nitrogen and oxygen atoms in total. The first-order valence-electron chi connectivity index (χ1n) is 8.01. The summed E-state index contributed by atoms with van der Waals surface area (Å²) in [6.07, 6.45) is 4.59. The molecule has 0 spiro atoms. The van der Waals surface area contributed by atoms with Crippen molar-refractivity contribution in [3.63, 3.8) is 0 Å². The number of halogens is 1. The van der Waals surface area contributed by atoms with Gasteiger partial charge in [0.1, 0.15) is 0 Å². The zero-order chi connectivity index (χ0) is 15.4. The Hall–Kier alpha value is -0.850. The number of nitrogens with zero attached hydrogens (tertiary/aromatic N) is 1. The van der Waals surface area contributed by atoms with Gasteiger partial charge in [-0.25, -0.2) is 0 Å². The van der Waals surface area contributed by atoms with Gasteiger partial charge in [-0.1, -0.05) is 0 Å². The number of carbonyl (C=O) groups excluding carboxylic acids is 1. The predicted octanol–water partition coefficient (Wildman–Crippen LogP) is 2.66. The van der Waals surface area contributed by atoms with E-state index in [0.717, 1.165) is 32.6 Å². The fourth-order valence-electron chi connectivity index (χ4n) is 3.40. The van der Waals surface area contributed by atoms with Crippen LogP contribution >= 0.6 is 15.9 Å². The number of carbonyl (C=O) groups is 1. The van der Waals surface area contributed by atoms with Crippen LogP contribution in [-0.4, -0.2) is 50.2 Å². The number of rotatable bonds is 5. The molecule has 0 radical (unpaired) electrons. The molecule has 0 unspecified atom stereocenters. The van der Waals surface area contributed by atoms with E-state index in [4.69, 9.17) is 9.15 Å². The van der Waals surface area contributed by atoms with Crippen LogP contribution in [-0.2, 0) is 4.74 Å². The van der Waals surface area contributed by atoms with Crippen molar-refractivity contribution in [3.8, 4) is 0 Å². The Morgan fingerprint density at radius 3 is 2.64 bits per heavy atom. The third kappa shape index (κ3) is 3.91. The lowest BCUT2D eigenvalue weighted by Crippen LogP contribution is -2.48. The van der Waals surface area contributed by atoms with Crippen LogP contribution in [0.3, 0.4) is 0 Å². The summed E-state index contributed by atoms with van der Waals surface area (Å²) in [5.41, 5.74) is 0.127. The number of ether oxygens (including phenoxy) is 1. The molecule has 0 saturated carbocycles. The van der Waals surface area contributed by atoms with Crippen molar-refractivity contribution < 1.29 is 13.9 Å². The molecule has 122 valence electrons. The van der Waals surface area contributed by atoms with Crippen molar-refractivity contribution in [3.05, 3.63) is 22.6 Å². The highest BCUT2D eigenvalue weighted by atomic mass is 79.9. The highest BCUT2D eigenvalue weighted by molar-refractivity contribution is 9.10. The number of nitrogens with one attached hydrogen (secondary N) is 1. The number of amides is 1. The third-order valence-electron chi connectivity index (χ3n) is 4.73. The molecule has 0 aromatic carbocycles. The number of hydrogen-bond donors (Lipinski definition) is 1. The summed E-state index contributed by atoms with van der Waals surface area (Å²) in [6, 6.07) is 3.43. The zero-order valence-corrected chi connectivity index (χ0v) is 14.4. The van der Waals surface area contributed by atoms with Gasteiger partial charge in [0, 0.05) is 31.7 Å². The van der Waals surface area contributed by atoms with Crippen molar-refractivity contribution in [2.75, 3.05) is 39.4 Å². The Morgan fingerprint density at radius 2 is 2.00 bits per heavy atom. The molecule has 2 saturated heterocycles. The summed E-state index contributed by atoms with van der Waals surface area (Å²) in [5.74, 6) is 0.216. The molecule has 1 amide bonds. The predicted molar refractivity (Wildman–Crippen MR) is 86.9 cm³/mol. The van der Waals surface area contributed by atoms with E-state index in [1.807, 2.05) is 0 Å². The fourth-order valence-corrected chi connectivity index (χ4v) is 3.71. The molecular weight excluding hydrogens is 348 g/mol. The van der Waals surface area contributed by atoms with Crippen LogP contribution in [0.2, 0.25) is 0 Å². The molecule has 1 aromatic heterocycles. The van der Waals surface area contributed by atoms with Crippen LogP contribution in [0.1, 0.15) is 36.2 Å². The Balaban J connectivity index is 1.60. The maximum Gasteiger partial charge on any atom is 0.287 e. The van der Waals surface area contributed by atoms with E-state index >= 15 is 0 Å². The van der Waals surface area contributed by atoms with Gasteiger partial charge in [0.15, 0.2) is 10.4 Å². The van der Waals surface area contributed by atoms with E-state index in [9.17, 15) is 4.79 Å². The van der Waals surface area contributed by atoms with E-state index in [1.54, 1.807) is 12.1 Å². The van der Waals surface area contributed by atoms with Gasteiger partial charge in [-0.05, 0) is 66.8 Å². The highest BCUT2D eigenvalue weighted by Crippen LogP contribution is 2.32. The second-order valence-electron chi connectivity index (χ2n) is 6.38. The summed E-state index contributed by atoms with van der Waals surface area (Å²) in [6.45, 7) is 5.68. The van der Waals surface area contributed by atoms with Crippen LogP contribution < -0.4 is 5.32 Å². The lowest BCUT2D eigenvalue weighted by atomic mass is 9.79. The van der Waals surface area contributed by atoms with Crippen molar-refractivity contribution in [2.24, 2.45) is 5.41 Å². The summed E-state index contributed by atoms with van der Waals surface area (Å²) < 4.78 is 11.4. The van der Waals surface area contributed by atoms with Gasteiger partial charge in [0.05, 0.1) is 0 Å². The van der Waals surface area contributed by atoms with E-state index < -0.39 is 0 Å². The quantitative estimate of drug-likeness (QED) is 0.865. The highest BCUT2D eigenvalue weighted by Gasteiger charge is 2.35. The minimum Gasteiger partial charge on any atom is -0.444 e. The van der Waals surface area contributed by atoms with E-state index in [1.165, 1.54) is 25.9 Å². The average molecular weight is 371 g/mol. The minimum absolute atomic E-state index is 0.127. The molecule has 0 aliphatic carbocycles. The van der Waals surface area contributed by atoms with Gasteiger partial charge in [-0.2, -0.15) is 0 Å². The zero-order valence-electron chi connectivity index (χ0n) is 12.8. The Bertz CT molecular complexity index is 505. The molecule has 2 aliphatic rings. The lowest BCUT2D eigenvalue weighted by molar-refractivity contribution is -0.000755. The first kappa shape index (κ1) is 16.0. The van der Waals surface area contributed by atoms with Gasteiger partial charge in [-0.3, -0.25) is 4.79 Å². The van der Waals surface area contributed by atoms with Crippen LogP contribution in [0, 0.1) is 5.41 Å². The molecule has 0 bridgehead atoms. The standard InChI is InChI=1S/C16H23BrN2O3/c17-14-4-3-13(22-14)15(20)18-11-16(5-9-21-10-6-16)12-19-7-1-2-8-19/h3-4H,1-2,5-12H2,(H,18,20). The normalized spacial score (nSPS) is 21.9. The Kier molecular flexibility index (Phi) is 5.21. The first-order valence-corrected chi connectivity index (χ1v) is 8.80. The third-order valence-corrected chi connectivity index (χ3v) is 5.16. The van der Waals surface area contributed by atoms with Crippen LogP contribution in [0.4, 0.5) is 0 Å². The van der Waals surface area contributed by atoms with Gasteiger partial charge < -0.3 is 19.4 Å². The SMILES string of the molecule is O=C(NCC1(CN2CCCC2)CCOCC1)c1ccc(Br)o1. The number of likely N-dealkylation sites (tertiary alicyclic amines) is 1. The van der Waals surface area contributed by atoms with Crippen molar-refractivity contribution in [1.29, 1.82) is 0 Å². The van der Waals surface area contributed by atoms with Gasteiger partial charge in [-0.15, -0.1) is 0 Å². The second-order valence-corrected chi connectivity index (χ2v) is 7.16. The van der Waals surface area contributed by atoms with E-state index in [-0.39, 0.29) is 11.3 Å². The van der Waals surface area contributed by atoms with Crippen molar-refractivity contribution >= 4 is 21.8 Å². The number of hydrogen-bond acceptors (Lipinski definition) is 4. The molecule has 3 rings (SSSR count). The van der Waals surface area contributed by atoms with E-state index in [0.29, 0.717) is 17.0 Å². The monoisotopic (exact) mass is 370 g/mol. The largest absolute Gasteiger partial charge is 0.444 e. The summed E-state index contributed by atoms with van der Waals surface area (Å²) in [4.78, 5) is 14.7. The smallest absolute Gasteiger partial charge is 0.287 e. The fraction of sp³-hybridized carbons (Fsp3) is 0.688. The molecule has 6 heteroatoms. The lowest BCUT2D eigenvalue weighted by Gasteiger charge is -2.40. The van der Waals surface area contributed by atoms with E-state index in [2.05, 4.69) is 26.1 Å². The summed E-state index contributed by atoms with van der Waals surface area (Å²) in [7, 11) is 0. The summed E-state index contributed by atoms with van der Waals surface area (Å²) in [5, 5.41) is 3.06. The van der Waals surface area contributed by atoms with Crippen molar-refractivity contribution in [2.45, 2.75) is 25.7 Å². The first-order chi connectivity index (χ1) is 10.7. The van der Waals surface area contributed by atoms with Crippen LogP contribution in [0.15, 0.2) is 21.2 Å². The second kappa shape index (κ2) is 7.15. The molecule has 1 aromatic rings. The Morgan fingerprint density at radius 1 is 1.27 bits per heavy atom. The molecule has 3 heterocycles. The minimum atomic E-state index is -0.141. The summed E-state index contributed by atoms with van der Waals surface area (Å²) >= 11 is 3.23. The van der Waals surface area contributed by atoms with Gasteiger partial charge in [0.25, 0.3) is 5.91 Å². The molecule has 2 aliphatic heterocycles. The Labute approximate surface area is 139 Å². The van der Waals surface area contributed by atoms with Crippen LogP contribution in [0.5, 0.6) is 0 Å². The van der Waals surface area contributed by atoms with Crippen LogP contribution in [0.25, 0.3) is 0 Å². The average Bonchev–Trinajstić information content (AvgIpc) is 3.17. The molecule has 0 atom stereocenters. The van der Waals surface area contributed by atoms with Crippen molar-refractivity contribution in [1.82, 2.24) is 10.2 Å². The molecular formula is C16H23BrN2O3. The maximum atomic E-state index is 12.2. The topological polar surface area (TPSA) is 54.7 Å². The molecule has 1 N–H and O–H groups in total. The molecule has 2 fully saturated rings. The molecule has 22 heavy (non-hydrogen) atoms. The van der Waals surface area contributed by atoms with Gasteiger partial charge in [0.2, 0.25) is 0 Å². The maximum absolute atomic E-state index is 12.2.